The predicted octanol–water partition coefficient (Wildman–Crippen LogP) is 3.55. The van der Waals surface area contributed by atoms with Crippen LogP contribution in [0.15, 0.2) is 48.5 Å². The number of nitriles is 1. The third-order valence-corrected chi connectivity index (χ3v) is 5.60. The number of para-hydroxylation sites is 3. The summed E-state index contributed by atoms with van der Waals surface area (Å²) in [5.41, 5.74) is 3.87. The molecule has 4 heteroatoms. The normalized spacial score (nSPS) is 25.3. The Morgan fingerprint density at radius 3 is 2.88 bits per heavy atom. The van der Waals surface area contributed by atoms with Crippen molar-refractivity contribution in [1.29, 1.82) is 5.26 Å². The largest absolute Gasteiger partial charge is 0.366 e. The van der Waals surface area contributed by atoms with Crippen LogP contribution < -0.4 is 4.90 Å². The Labute approximate surface area is 140 Å². The van der Waals surface area contributed by atoms with Crippen molar-refractivity contribution in [1.82, 2.24) is 9.97 Å². The maximum atomic E-state index is 10.3. The molecule has 2 aliphatic heterocycles. The molecule has 24 heavy (non-hydrogen) atoms. The van der Waals surface area contributed by atoms with Crippen LogP contribution in [0.5, 0.6) is 0 Å². The highest BCUT2D eigenvalue weighted by Crippen LogP contribution is 2.46. The molecule has 2 aromatic carbocycles. The lowest BCUT2D eigenvalue weighted by molar-refractivity contribution is 0.393. The van der Waals surface area contributed by atoms with E-state index in [4.69, 9.17) is 4.98 Å². The summed E-state index contributed by atoms with van der Waals surface area (Å²) in [5, 5.41) is 10.3. The Bertz CT molecular complexity index is 934. The molecule has 0 bridgehead atoms. The smallest absolute Gasteiger partial charge is 0.139 e. The fourth-order valence-corrected chi connectivity index (χ4v) is 4.50. The molecule has 3 aromatic rings. The van der Waals surface area contributed by atoms with Gasteiger partial charge in [-0.2, -0.15) is 5.26 Å². The number of imidazole rings is 1. The Morgan fingerprint density at radius 2 is 2.00 bits per heavy atom. The second-order valence-corrected chi connectivity index (χ2v) is 6.84. The Kier molecular flexibility index (Phi) is 2.75. The molecule has 2 aliphatic rings. The van der Waals surface area contributed by atoms with E-state index in [2.05, 4.69) is 40.2 Å². The number of nitrogens with one attached hydrogen (secondary N) is 1. The number of fused-ring (bicyclic) bond motifs is 4. The van der Waals surface area contributed by atoms with Gasteiger partial charge >= 0.3 is 0 Å². The van der Waals surface area contributed by atoms with Gasteiger partial charge in [-0.25, -0.2) is 4.98 Å². The molecule has 2 atom stereocenters. The summed E-state index contributed by atoms with van der Waals surface area (Å²) in [4.78, 5) is 10.7. The van der Waals surface area contributed by atoms with E-state index in [9.17, 15) is 5.26 Å². The summed E-state index contributed by atoms with van der Waals surface area (Å²) in [6.45, 7) is 1.02. The van der Waals surface area contributed by atoms with Crippen LogP contribution in [0.4, 0.5) is 5.69 Å². The van der Waals surface area contributed by atoms with Gasteiger partial charge in [0.25, 0.3) is 0 Å². The molecular weight excluding hydrogens is 296 g/mol. The van der Waals surface area contributed by atoms with Crippen molar-refractivity contribution in [2.45, 2.75) is 30.7 Å². The zero-order chi connectivity index (χ0) is 16.1. The third kappa shape index (κ3) is 1.70. The van der Waals surface area contributed by atoms with E-state index in [1.807, 2.05) is 24.3 Å². The first-order valence-electron chi connectivity index (χ1n) is 8.53. The van der Waals surface area contributed by atoms with Crippen LogP contribution >= 0.6 is 0 Å². The highest BCUT2D eigenvalue weighted by molar-refractivity contribution is 5.75. The number of aromatic nitrogens is 2. The summed E-state index contributed by atoms with van der Waals surface area (Å²) in [5.74, 6) is 0.817. The first-order valence-corrected chi connectivity index (χ1v) is 8.53. The summed E-state index contributed by atoms with van der Waals surface area (Å²) in [6, 6.07) is 19.4. The minimum absolute atomic E-state index is 0.193. The first kappa shape index (κ1) is 13.6. The molecule has 2 unspecified atom stereocenters. The first-order chi connectivity index (χ1) is 11.8. The van der Waals surface area contributed by atoms with Crippen LogP contribution in [0, 0.1) is 11.3 Å². The Hall–Kier alpha value is -2.80. The fourth-order valence-electron chi connectivity index (χ4n) is 4.50. The molecular formula is C20H18N4. The maximum absolute atomic E-state index is 10.3. The average Bonchev–Trinajstić information content (AvgIpc) is 3.28. The van der Waals surface area contributed by atoms with E-state index in [1.54, 1.807) is 0 Å². The Morgan fingerprint density at radius 1 is 1.17 bits per heavy atom. The zero-order valence-electron chi connectivity index (χ0n) is 13.4. The van der Waals surface area contributed by atoms with Crippen molar-refractivity contribution in [3.05, 3.63) is 59.9 Å². The summed E-state index contributed by atoms with van der Waals surface area (Å²) < 4.78 is 0. The van der Waals surface area contributed by atoms with Crippen molar-refractivity contribution in [3.63, 3.8) is 0 Å². The lowest BCUT2D eigenvalue weighted by atomic mass is 9.71. The minimum Gasteiger partial charge on any atom is -0.366 e. The molecule has 0 amide bonds. The van der Waals surface area contributed by atoms with Gasteiger partial charge in [0.05, 0.1) is 23.1 Å². The number of H-pyrrole nitrogens is 1. The number of aromatic amines is 1. The summed E-state index contributed by atoms with van der Waals surface area (Å²) in [6.07, 6.45) is 2.89. The van der Waals surface area contributed by atoms with Gasteiger partial charge in [0.1, 0.15) is 11.2 Å². The van der Waals surface area contributed by atoms with Crippen LogP contribution in [0.1, 0.15) is 24.2 Å². The quantitative estimate of drug-likeness (QED) is 0.747. The van der Waals surface area contributed by atoms with Crippen LogP contribution in [-0.4, -0.2) is 22.6 Å². The lowest BCUT2D eigenvalue weighted by Crippen LogP contribution is -2.52. The van der Waals surface area contributed by atoms with Crippen molar-refractivity contribution >= 4 is 16.7 Å². The van der Waals surface area contributed by atoms with Gasteiger partial charge in [0, 0.05) is 18.7 Å². The van der Waals surface area contributed by atoms with Crippen molar-refractivity contribution < 1.29 is 0 Å². The lowest BCUT2D eigenvalue weighted by Gasteiger charge is -2.43. The molecule has 5 rings (SSSR count). The summed E-state index contributed by atoms with van der Waals surface area (Å²) >= 11 is 0. The predicted molar refractivity (Wildman–Crippen MR) is 93.9 cm³/mol. The molecule has 118 valence electrons. The van der Waals surface area contributed by atoms with Crippen molar-refractivity contribution in [3.8, 4) is 6.07 Å². The van der Waals surface area contributed by atoms with Gasteiger partial charge in [-0.05, 0) is 36.6 Å². The molecule has 0 aliphatic carbocycles. The number of hydrogen-bond donors (Lipinski definition) is 1. The van der Waals surface area contributed by atoms with Gasteiger partial charge in [-0.1, -0.05) is 30.3 Å². The average molecular weight is 314 g/mol. The molecule has 0 saturated carbocycles. The number of rotatable bonds is 1. The number of nitrogens with zero attached hydrogens (tertiary/aromatic N) is 3. The van der Waals surface area contributed by atoms with Gasteiger partial charge < -0.3 is 9.88 Å². The van der Waals surface area contributed by atoms with E-state index in [1.165, 1.54) is 11.3 Å². The van der Waals surface area contributed by atoms with Gasteiger partial charge in [-0.15, -0.1) is 0 Å². The van der Waals surface area contributed by atoms with Crippen LogP contribution in [0.25, 0.3) is 11.0 Å². The number of benzene rings is 2. The van der Waals surface area contributed by atoms with E-state index in [-0.39, 0.29) is 6.04 Å². The van der Waals surface area contributed by atoms with Crippen LogP contribution in [-0.2, 0) is 11.8 Å². The summed E-state index contributed by atoms with van der Waals surface area (Å²) in [7, 11) is 0. The highest BCUT2D eigenvalue weighted by atomic mass is 15.2. The minimum atomic E-state index is -0.607. The van der Waals surface area contributed by atoms with Crippen molar-refractivity contribution in [2.24, 2.45) is 0 Å². The molecule has 4 nitrogen and oxygen atoms in total. The molecule has 3 heterocycles. The van der Waals surface area contributed by atoms with Gasteiger partial charge in [0.15, 0.2) is 0 Å². The molecule has 0 radical (unpaired) electrons. The molecule has 1 fully saturated rings. The van der Waals surface area contributed by atoms with Gasteiger partial charge in [-0.3, -0.25) is 0 Å². The van der Waals surface area contributed by atoms with E-state index in [0.29, 0.717) is 0 Å². The maximum Gasteiger partial charge on any atom is 0.139 e. The van der Waals surface area contributed by atoms with Gasteiger partial charge in [0.2, 0.25) is 0 Å². The topological polar surface area (TPSA) is 55.7 Å². The number of anilines is 1. The third-order valence-electron chi connectivity index (χ3n) is 5.60. The van der Waals surface area contributed by atoms with Crippen LogP contribution in [0.2, 0.25) is 0 Å². The molecule has 1 N–H and O–H groups in total. The molecule has 1 saturated heterocycles. The second kappa shape index (κ2) is 4.85. The van der Waals surface area contributed by atoms with E-state index >= 15 is 0 Å². The van der Waals surface area contributed by atoms with Crippen molar-refractivity contribution in [2.75, 3.05) is 11.4 Å². The monoisotopic (exact) mass is 314 g/mol. The molecule has 1 aromatic heterocycles. The zero-order valence-corrected chi connectivity index (χ0v) is 13.4. The highest BCUT2D eigenvalue weighted by Gasteiger charge is 2.51. The Balaban J connectivity index is 1.73. The fraction of sp³-hybridized carbons (Fsp3) is 0.300. The second-order valence-electron chi connectivity index (χ2n) is 6.84. The SMILES string of the molecule is N#CC1(c2nc3ccccc3[nH]2)Cc2ccccc2N2CCCC21. The van der Waals surface area contributed by atoms with E-state index < -0.39 is 5.41 Å². The standard InChI is InChI=1S/C20H18N4/c21-13-20(19-22-15-7-2-3-8-16(15)23-19)12-14-6-1-4-9-17(14)24-11-5-10-18(20)24/h1-4,6-9,18H,5,10-12H2,(H,22,23). The molecule has 0 spiro atoms. The van der Waals surface area contributed by atoms with E-state index in [0.717, 1.165) is 42.7 Å². The van der Waals surface area contributed by atoms with Crippen LogP contribution in [0.3, 0.4) is 0 Å². The number of hydrogen-bond acceptors (Lipinski definition) is 3.